The van der Waals surface area contributed by atoms with Gasteiger partial charge in [0.05, 0.1) is 6.61 Å². The molecule has 0 bridgehead atoms. The summed E-state index contributed by atoms with van der Waals surface area (Å²) in [5.41, 5.74) is 0. The summed E-state index contributed by atoms with van der Waals surface area (Å²) in [6.07, 6.45) is 0. The second-order valence-corrected chi connectivity index (χ2v) is 2.48. The molecule has 0 amide bonds. The van der Waals surface area contributed by atoms with Crippen LogP contribution in [-0.2, 0) is 4.74 Å². The molecule has 0 rings (SSSR count). The van der Waals surface area contributed by atoms with Crippen LogP contribution >= 0.6 is 0 Å². The maximum atomic E-state index is 8.62. The van der Waals surface area contributed by atoms with Crippen LogP contribution in [0.2, 0.25) is 0 Å². The third kappa shape index (κ3) is 6.01. The van der Waals surface area contributed by atoms with Crippen LogP contribution in [0.4, 0.5) is 0 Å². The van der Waals surface area contributed by atoms with E-state index in [1.807, 2.05) is 6.92 Å². The van der Waals surface area contributed by atoms with Crippen molar-refractivity contribution in [3.63, 3.8) is 0 Å². The first kappa shape index (κ1) is 9.88. The van der Waals surface area contributed by atoms with Gasteiger partial charge in [0.2, 0.25) is 0 Å². The zero-order valence-corrected chi connectivity index (χ0v) is 6.76. The van der Waals surface area contributed by atoms with E-state index in [0.29, 0.717) is 5.92 Å². The number of aliphatic hydroxyl groups is 1. The van der Waals surface area contributed by atoms with Gasteiger partial charge in [-0.05, 0) is 12.5 Å². The maximum absolute atomic E-state index is 8.62. The number of hydrogen-bond donors (Lipinski definition) is 2. The van der Waals surface area contributed by atoms with Gasteiger partial charge in [-0.1, -0.05) is 6.92 Å². The lowest BCUT2D eigenvalue weighted by Crippen LogP contribution is -2.26. The van der Waals surface area contributed by atoms with Crippen molar-refractivity contribution in [2.24, 2.45) is 5.92 Å². The first-order valence-electron chi connectivity index (χ1n) is 3.61. The van der Waals surface area contributed by atoms with E-state index in [2.05, 4.69) is 5.32 Å². The number of nitrogens with one attached hydrogen (secondary N) is 1. The largest absolute Gasteiger partial charge is 0.396 e. The highest BCUT2D eigenvalue weighted by atomic mass is 16.5. The summed E-state index contributed by atoms with van der Waals surface area (Å²) in [4.78, 5) is 0. The lowest BCUT2D eigenvalue weighted by atomic mass is 10.2. The minimum absolute atomic E-state index is 0.250. The quantitative estimate of drug-likeness (QED) is 0.513. The Bertz CT molecular complexity index is 68.6. The fourth-order valence-electron chi connectivity index (χ4n) is 0.587. The third-order valence-electron chi connectivity index (χ3n) is 1.29. The average Bonchev–Trinajstić information content (AvgIpc) is 1.98. The molecule has 3 nitrogen and oxygen atoms in total. The van der Waals surface area contributed by atoms with Crippen molar-refractivity contribution < 1.29 is 9.84 Å². The van der Waals surface area contributed by atoms with Gasteiger partial charge in [-0.15, -0.1) is 0 Å². The fourth-order valence-corrected chi connectivity index (χ4v) is 0.587. The first-order chi connectivity index (χ1) is 4.81. The predicted octanol–water partition coefficient (Wildman–Crippen LogP) is -0.149. The van der Waals surface area contributed by atoms with Crippen molar-refractivity contribution in [3.05, 3.63) is 0 Å². The highest BCUT2D eigenvalue weighted by Crippen LogP contribution is 1.87. The second kappa shape index (κ2) is 6.99. The van der Waals surface area contributed by atoms with Crippen molar-refractivity contribution in [1.29, 1.82) is 0 Å². The Balaban J connectivity index is 2.89. The number of ether oxygens (including phenoxy) is 1. The molecule has 0 aliphatic carbocycles. The summed E-state index contributed by atoms with van der Waals surface area (Å²) in [6, 6.07) is 0. The van der Waals surface area contributed by atoms with Gasteiger partial charge in [-0.2, -0.15) is 0 Å². The number of methoxy groups -OCH3 is 1. The summed E-state index contributed by atoms with van der Waals surface area (Å²) in [5, 5.41) is 11.8. The Morgan fingerprint density at radius 3 is 2.80 bits per heavy atom. The molecule has 0 aliphatic heterocycles. The van der Waals surface area contributed by atoms with Gasteiger partial charge >= 0.3 is 0 Å². The van der Waals surface area contributed by atoms with Crippen molar-refractivity contribution in [2.45, 2.75) is 6.92 Å². The number of hydrogen-bond acceptors (Lipinski definition) is 3. The summed E-state index contributed by atoms with van der Waals surface area (Å²) in [6.45, 7) is 4.71. The summed E-state index contributed by atoms with van der Waals surface area (Å²) >= 11 is 0. The smallest absolute Gasteiger partial charge is 0.0587 e. The molecule has 0 aromatic carbocycles. The average molecular weight is 147 g/mol. The summed E-state index contributed by atoms with van der Waals surface area (Å²) in [5.74, 6) is 0.344. The molecule has 3 heteroatoms. The molecule has 1 unspecified atom stereocenters. The Kier molecular flexibility index (Phi) is 6.91. The highest BCUT2D eigenvalue weighted by molar-refractivity contribution is 4.53. The predicted molar refractivity (Wildman–Crippen MR) is 41.0 cm³/mol. The van der Waals surface area contributed by atoms with Crippen LogP contribution in [0.1, 0.15) is 6.92 Å². The Labute approximate surface area is 62.4 Å². The molecule has 10 heavy (non-hydrogen) atoms. The molecule has 0 heterocycles. The van der Waals surface area contributed by atoms with Crippen LogP contribution in [0, 0.1) is 5.92 Å². The van der Waals surface area contributed by atoms with Gasteiger partial charge in [-0.25, -0.2) is 0 Å². The van der Waals surface area contributed by atoms with Crippen LogP contribution < -0.4 is 5.32 Å². The molecule has 0 saturated carbocycles. The first-order valence-corrected chi connectivity index (χ1v) is 3.61. The normalized spacial score (nSPS) is 13.5. The molecule has 62 valence electrons. The zero-order valence-electron chi connectivity index (χ0n) is 6.76. The maximum Gasteiger partial charge on any atom is 0.0587 e. The molecular formula is C7H17NO2. The second-order valence-electron chi connectivity index (χ2n) is 2.48. The van der Waals surface area contributed by atoms with Gasteiger partial charge in [-0.3, -0.25) is 0 Å². The molecule has 0 radical (unpaired) electrons. The molecule has 0 aromatic heterocycles. The van der Waals surface area contributed by atoms with Gasteiger partial charge in [0.1, 0.15) is 0 Å². The van der Waals surface area contributed by atoms with Crippen LogP contribution in [0.25, 0.3) is 0 Å². The summed E-state index contributed by atoms with van der Waals surface area (Å²) < 4.78 is 4.83. The SMILES string of the molecule is COCCNCC(C)CO. The molecular weight excluding hydrogens is 130 g/mol. The molecule has 0 saturated heterocycles. The van der Waals surface area contributed by atoms with Crippen molar-refractivity contribution in [2.75, 3.05) is 33.4 Å². The molecule has 0 fully saturated rings. The van der Waals surface area contributed by atoms with Gasteiger partial charge in [0.15, 0.2) is 0 Å². The van der Waals surface area contributed by atoms with E-state index in [0.717, 1.165) is 19.7 Å². The van der Waals surface area contributed by atoms with Crippen LogP contribution in [0.3, 0.4) is 0 Å². The van der Waals surface area contributed by atoms with Crippen LogP contribution in [0.15, 0.2) is 0 Å². The monoisotopic (exact) mass is 147 g/mol. The van der Waals surface area contributed by atoms with Crippen molar-refractivity contribution >= 4 is 0 Å². The van der Waals surface area contributed by atoms with Crippen LogP contribution in [0.5, 0.6) is 0 Å². The number of aliphatic hydroxyl groups excluding tert-OH is 1. The highest BCUT2D eigenvalue weighted by Gasteiger charge is 1.96. The zero-order chi connectivity index (χ0) is 7.82. The van der Waals surface area contributed by atoms with E-state index in [-0.39, 0.29) is 6.61 Å². The van der Waals surface area contributed by atoms with Gasteiger partial charge in [0, 0.05) is 20.3 Å². The molecule has 0 aromatic rings. The summed E-state index contributed by atoms with van der Waals surface area (Å²) in [7, 11) is 1.68. The standard InChI is InChI=1S/C7H17NO2/c1-7(6-9)5-8-3-4-10-2/h7-9H,3-6H2,1-2H3. The van der Waals surface area contributed by atoms with E-state index in [4.69, 9.17) is 9.84 Å². The van der Waals surface area contributed by atoms with E-state index in [1.54, 1.807) is 7.11 Å². The van der Waals surface area contributed by atoms with E-state index in [1.165, 1.54) is 0 Å². The van der Waals surface area contributed by atoms with Crippen LogP contribution in [-0.4, -0.2) is 38.5 Å². The van der Waals surface area contributed by atoms with Crippen molar-refractivity contribution in [3.8, 4) is 0 Å². The topological polar surface area (TPSA) is 41.5 Å². The minimum atomic E-state index is 0.250. The van der Waals surface area contributed by atoms with Gasteiger partial charge < -0.3 is 15.2 Å². The molecule has 2 N–H and O–H groups in total. The van der Waals surface area contributed by atoms with Gasteiger partial charge in [0.25, 0.3) is 0 Å². The lowest BCUT2D eigenvalue weighted by Gasteiger charge is -2.08. The molecule has 1 atom stereocenters. The van der Waals surface area contributed by atoms with E-state index in [9.17, 15) is 0 Å². The Hall–Kier alpha value is -0.120. The molecule has 0 aliphatic rings. The van der Waals surface area contributed by atoms with Crippen molar-refractivity contribution in [1.82, 2.24) is 5.32 Å². The minimum Gasteiger partial charge on any atom is -0.396 e. The van der Waals surface area contributed by atoms with E-state index < -0.39 is 0 Å². The number of rotatable bonds is 6. The fraction of sp³-hybridized carbons (Fsp3) is 1.00. The Morgan fingerprint density at radius 1 is 1.60 bits per heavy atom. The Morgan fingerprint density at radius 2 is 2.30 bits per heavy atom. The van der Waals surface area contributed by atoms with E-state index >= 15 is 0 Å². The third-order valence-corrected chi connectivity index (χ3v) is 1.29. The lowest BCUT2D eigenvalue weighted by molar-refractivity contribution is 0.192. The molecule has 0 spiro atoms.